The molecular weight excluding hydrogens is 452 g/mol. The molecule has 0 atom stereocenters. The molecule has 0 amide bonds. The summed E-state index contributed by atoms with van der Waals surface area (Å²) >= 11 is 1.19. The van der Waals surface area contributed by atoms with Crippen molar-refractivity contribution in [2.24, 2.45) is 5.41 Å². The Morgan fingerprint density at radius 3 is 2.41 bits per heavy atom. The fourth-order valence-corrected chi connectivity index (χ4v) is 4.05. The number of carbonyl (C=O) groups is 1. The number of hydrogen-bond acceptors (Lipinski definition) is 6. The second-order valence-electron chi connectivity index (χ2n) is 8.70. The van der Waals surface area contributed by atoms with Crippen molar-refractivity contribution in [3.63, 3.8) is 0 Å². The van der Waals surface area contributed by atoms with Crippen LogP contribution >= 0.6 is 11.3 Å². The highest BCUT2D eigenvalue weighted by Crippen LogP contribution is 2.26. The van der Waals surface area contributed by atoms with E-state index in [-0.39, 0.29) is 17.0 Å². The number of rotatable bonds is 5. The Morgan fingerprint density at radius 2 is 1.79 bits per heavy atom. The van der Waals surface area contributed by atoms with Crippen LogP contribution in [0.25, 0.3) is 29.1 Å². The molecule has 172 valence electrons. The molecule has 2 aromatic carbocycles. The minimum Gasteiger partial charge on any atom is -0.313 e. The minimum atomic E-state index is -0.551. The Balaban J connectivity index is 1.86. The lowest BCUT2D eigenvalue weighted by molar-refractivity contribution is -0.384. The fourth-order valence-electron chi connectivity index (χ4n) is 3.17. The number of Topliss-reactive ketones (excluding diaryl/α,β-unsaturated/α-hetero) is 1. The van der Waals surface area contributed by atoms with Gasteiger partial charge in [-0.25, -0.2) is 4.68 Å². The Bertz CT molecular complexity index is 1540. The number of non-ortho nitro benzene ring substituents is 1. The van der Waals surface area contributed by atoms with Crippen LogP contribution in [0.4, 0.5) is 5.69 Å². The van der Waals surface area contributed by atoms with Gasteiger partial charge in [-0.15, -0.1) is 11.3 Å². The Hall–Kier alpha value is -4.11. The molecule has 4 rings (SSSR count). The molecule has 4 aromatic rings. The van der Waals surface area contributed by atoms with Gasteiger partial charge in [0.1, 0.15) is 5.69 Å². The van der Waals surface area contributed by atoms with Crippen LogP contribution in [-0.4, -0.2) is 25.5 Å². The van der Waals surface area contributed by atoms with E-state index in [4.69, 9.17) is 0 Å². The van der Waals surface area contributed by atoms with Gasteiger partial charge in [0.2, 0.25) is 0 Å². The predicted octanol–water partition coefficient (Wildman–Crippen LogP) is 3.42. The smallest absolute Gasteiger partial charge is 0.269 e. The zero-order chi connectivity index (χ0) is 24.5. The van der Waals surface area contributed by atoms with Gasteiger partial charge in [0, 0.05) is 40.9 Å². The van der Waals surface area contributed by atoms with Gasteiger partial charge in [-0.2, -0.15) is 5.10 Å². The van der Waals surface area contributed by atoms with Gasteiger partial charge in [-0.3, -0.25) is 19.7 Å². The van der Waals surface area contributed by atoms with E-state index in [1.54, 1.807) is 29.1 Å². The molecule has 0 saturated heterocycles. The lowest BCUT2D eigenvalue weighted by Crippen LogP contribution is -2.22. The molecule has 0 spiro atoms. The van der Waals surface area contributed by atoms with Gasteiger partial charge in [-0.05, 0) is 30.3 Å². The molecule has 9 heteroatoms. The first-order valence-electron chi connectivity index (χ1n) is 10.5. The molecule has 2 heterocycles. The quantitative estimate of drug-likeness (QED) is 0.352. The van der Waals surface area contributed by atoms with Crippen molar-refractivity contribution in [2.45, 2.75) is 20.8 Å². The maximum Gasteiger partial charge on any atom is 0.269 e. The lowest BCUT2D eigenvalue weighted by Gasteiger charge is -2.12. The van der Waals surface area contributed by atoms with E-state index < -0.39 is 10.3 Å². The van der Waals surface area contributed by atoms with Crippen molar-refractivity contribution < 1.29 is 9.72 Å². The summed E-state index contributed by atoms with van der Waals surface area (Å²) in [5, 5.41) is 15.7. The number of ketones is 1. The summed E-state index contributed by atoms with van der Waals surface area (Å²) in [4.78, 5) is 38.3. The van der Waals surface area contributed by atoms with Crippen LogP contribution in [0.1, 0.15) is 26.3 Å². The predicted molar refractivity (Wildman–Crippen MR) is 132 cm³/mol. The molecule has 0 radical (unpaired) electrons. The van der Waals surface area contributed by atoms with Gasteiger partial charge in [0.25, 0.3) is 11.2 Å². The highest BCUT2D eigenvalue weighted by Gasteiger charge is 2.19. The molecular formula is C25H22N4O4S. The first-order valence-corrected chi connectivity index (χ1v) is 11.3. The van der Waals surface area contributed by atoms with Crippen LogP contribution in [-0.2, 0) is 4.79 Å². The maximum atomic E-state index is 12.6. The van der Waals surface area contributed by atoms with Gasteiger partial charge in [0.15, 0.2) is 5.78 Å². The third kappa shape index (κ3) is 4.94. The summed E-state index contributed by atoms with van der Waals surface area (Å²) < 4.78 is 2.59. The number of benzene rings is 2. The molecule has 8 nitrogen and oxygen atoms in total. The average molecular weight is 475 g/mol. The number of para-hydroxylation sites is 1. The zero-order valence-corrected chi connectivity index (χ0v) is 19.6. The summed E-state index contributed by atoms with van der Waals surface area (Å²) in [5.74, 6) is -0.0833. The molecule has 2 aromatic heterocycles. The SMILES string of the molecule is CC(C)(C)C(=O)/C=c1\[nH]c(=O)/c(=C\c2cn(-c3ccccc3)nc2-c2ccc([N+](=O)[O-])cc2)s1. The third-order valence-corrected chi connectivity index (χ3v) is 6.05. The average Bonchev–Trinajstić information content (AvgIpc) is 3.37. The second-order valence-corrected chi connectivity index (χ2v) is 9.79. The first kappa shape index (κ1) is 23.1. The number of aromatic nitrogens is 3. The van der Waals surface area contributed by atoms with Crippen LogP contribution < -0.4 is 14.8 Å². The normalized spacial score (nSPS) is 12.8. The molecule has 0 saturated carbocycles. The molecule has 0 aliphatic heterocycles. The zero-order valence-electron chi connectivity index (χ0n) is 18.8. The van der Waals surface area contributed by atoms with Crippen molar-refractivity contribution in [1.82, 2.24) is 14.8 Å². The number of H-pyrrole nitrogens is 1. The number of thiazole rings is 1. The number of nitrogens with one attached hydrogen (secondary N) is 1. The van der Waals surface area contributed by atoms with Crippen LogP contribution in [0.5, 0.6) is 0 Å². The molecule has 0 unspecified atom stereocenters. The second kappa shape index (κ2) is 9.03. The summed E-state index contributed by atoms with van der Waals surface area (Å²) in [6, 6.07) is 15.6. The molecule has 34 heavy (non-hydrogen) atoms. The summed E-state index contributed by atoms with van der Waals surface area (Å²) in [6.45, 7) is 5.46. The van der Waals surface area contributed by atoms with Crippen LogP contribution in [0, 0.1) is 15.5 Å². The van der Waals surface area contributed by atoms with Crippen LogP contribution in [0.15, 0.2) is 65.6 Å². The third-order valence-electron chi connectivity index (χ3n) is 5.08. The Kier molecular flexibility index (Phi) is 6.12. The van der Waals surface area contributed by atoms with E-state index in [0.29, 0.717) is 26.0 Å². The van der Waals surface area contributed by atoms with E-state index >= 15 is 0 Å². The summed E-state index contributed by atoms with van der Waals surface area (Å²) in [5.41, 5.74) is 1.87. The van der Waals surface area contributed by atoms with Crippen molar-refractivity contribution in [3.8, 4) is 16.9 Å². The first-order chi connectivity index (χ1) is 16.1. The monoisotopic (exact) mass is 474 g/mol. The van der Waals surface area contributed by atoms with Crippen molar-refractivity contribution >= 4 is 35.0 Å². The van der Waals surface area contributed by atoms with Gasteiger partial charge in [0.05, 0.1) is 19.8 Å². The summed E-state index contributed by atoms with van der Waals surface area (Å²) in [7, 11) is 0. The van der Waals surface area contributed by atoms with Crippen molar-refractivity contribution in [2.75, 3.05) is 0 Å². The number of nitro groups is 1. The fraction of sp³-hybridized carbons (Fsp3) is 0.160. The maximum absolute atomic E-state index is 12.6. The van der Waals surface area contributed by atoms with E-state index in [0.717, 1.165) is 5.69 Å². The van der Waals surface area contributed by atoms with E-state index in [1.807, 2.05) is 51.1 Å². The number of aromatic amines is 1. The van der Waals surface area contributed by atoms with E-state index in [1.165, 1.54) is 29.5 Å². The number of nitro benzene ring substituents is 1. The van der Waals surface area contributed by atoms with Crippen molar-refractivity contribution in [1.29, 1.82) is 0 Å². The lowest BCUT2D eigenvalue weighted by atomic mass is 9.91. The molecule has 0 aliphatic rings. The highest BCUT2D eigenvalue weighted by atomic mass is 32.1. The topological polar surface area (TPSA) is 111 Å². The van der Waals surface area contributed by atoms with Crippen LogP contribution in [0.3, 0.4) is 0 Å². The van der Waals surface area contributed by atoms with Gasteiger partial charge < -0.3 is 4.98 Å². The van der Waals surface area contributed by atoms with Gasteiger partial charge >= 0.3 is 0 Å². The molecule has 0 bridgehead atoms. The number of nitrogens with zero attached hydrogens (tertiary/aromatic N) is 3. The van der Waals surface area contributed by atoms with E-state index in [9.17, 15) is 19.7 Å². The largest absolute Gasteiger partial charge is 0.313 e. The summed E-state index contributed by atoms with van der Waals surface area (Å²) in [6.07, 6.45) is 4.97. The van der Waals surface area contributed by atoms with Gasteiger partial charge in [-0.1, -0.05) is 39.0 Å². The van der Waals surface area contributed by atoms with Crippen LogP contribution in [0.2, 0.25) is 0 Å². The highest BCUT2D eigenvalue weighted by molar-refractivity contribution is 7.07. The standard InChI is InChI=1S/C25H22N4O4S/c1-25(2,3)21(30)14-22-26-24(31)20(34-22)13-17-15-28(18-7-5-4-6-8-18)27-23(17)16-9-11-19(12-10-16)29(32)33/h4-15H,1-3H3,(H,26,31)/b20-13+,22-14+. The molecule has 1 N–H and O–H groups in total. The Morgan fingerprint density at radius 1 is 1.12 bits per heavy atom. The van der Waals surface area contributed by atoms with Crippen molar-refractivity contribution in [3.05, 3.63) is 96.0 Å². The Labute approximate surface area is 198 Å². The molecule has 0 aliphatic carbocycles. The number of hydrogen-bond donors (Lipinski definition) is 1. The van der Waals surface area contributed by atoms with E-state index in [2.05, 4.69) is 10.1 Å². The number of carbonyl (C=O) groups excluding carboxylic acids is 1. The minimum absolute atomic E-state index is 0.0184. The molecule has 0 fully saturated rings.